The first-order valence-corrected chi connectivity index (χ1v) is 11.6. The Bertz CT molecular complexity index is 1030. The molecule has 0 saturated carbocycles. The number of rotatable bonds is 7. The number of likely N-dealkylation sites (tertiary alicyclic amines) is 1. The lowest BCUT2D eigenvalue weighted by atomic mass is 9.97. The fourth-order valence-corrected chi connectivity index (χ4v) is 4.19. The van der Waals surface area contributed by atoms with Gasteiger partial charge < -0.3 is 15.1 Å². The number of nitrogens with zero attached hydrogens (tertiary/aromatic N) is 4. The van der Waals surface area contributed by atoms with Crippen molar-refractivity contribution in [1.29, 1.82) is 0 Å². The Kier molecular flexibility index (Phi) is 7.37. The van der Waals surface area contributed by atoms with Crippen LogP contribution in [0.1, 0.15) is 42.7 Å². The van der Waals surface area contributed by atoms with Crippen LogP contribution in [0.3, 0.4) is 0 Å². The molecule has 0 spiro atoms. The molecule has 0 radical (unpaired) electrons. The second kappa shape index (κ2) is 10.6. The molecule has 0 atom stereocenters. The van der Waals surface area contributed by atoms with Gasteiger partial charge in [0.25, 0.3) is 0 Å². The zero-order chi connectivity index (χ0) is 22.3. The number of aryl methyl sites for hydroxylation is 2. The number of para-hydroxylation sites is 1. The van der Waals surface area contributed by atoms with Crippen LogP contribution in [0.2, 0.25) is 0 Å². The number of piperidine rings is 1. The van der Waals surface area contributed by atoms with Gasteiger partial charge in [-0.05, 0) is 70.3 Å². The molecule has 1 aliphatic heterocycles. The summed E-state index contributed by atoms with van der Waals surface area (Å²) in [5.74, 6) is 3.28. The number of oxazole rings is 1. The van der Waals surface area contributed by atoms with E-state index in [9.17, 15) is 0 Å². The van der Waals surface area contributed by atoms with Gasteiger partial charge in [-0.25, -0.2) is 9.98 Å². The molecular formula is C25H34N6O. The fraction of sp³-hybridized carbons (Fsp3) is 0.480. The minimum Gasteiger partial charge on any atom is -0.444 e. The van der Waals surface area contributed by atoms with E-state index in [-0.39, 0.29) is 0 Å². The van der Waals surface area contributed by atoms with Crippen molar-refractivity contribution >= 4 is 16.9 Å². The van der Waals surface area contributed by atoms with Crippen LogP contribution in [0, 0.1) is 19.8 Å². The van der Waals surface area contributed by atoms with Crippen LogP contribution in [0.15, 0.2) is 45.9 Å². The third kappa shape index (κ3) is 5.65. The van der Waals surface area contributed by atoms with Gasteiger partial charge in [-0.15, -0.1) is 0 Å². The molecular weight excluding hydrogens is 400 g/mol. The highest BCUT2D eigenvalue weighted by Crippen LogP contribution is 2.20. The van der Waals surface area contributed by atoms with Gasteiger partial charge >= 0.3 is 0 Å². The second-order valence-corrected chi connectivity index (χ2v) is 8.53. The average molecular weight is 435 g/mol. The predicted molar refractivity (Wildman–Crippen MR) is 129 cm³/mol. The lowest BCUT2D eigenvalue weighted by molar-refractivity contribution is 0.164. The molecule has 0 amide bonds. The summed E-state index contributed by atoms with van der Waals surface area (Å²) < 4.78 is 5.75. The molecule has 1 fully saturated rings. The molecule has 2 aromatic heterocycles. The van der Waals surface area contributed by atoms with Crippen molar-refractivity contribution in [2.24, 2.45) is 10.9 Å². The highest BCUT2D eigenvalue weighted by atomic mass is 16.4. The zero-order valence-electron chi connectivity index (χ0n) is 19.4. The van der Waals surface area contributed by atoms with Crippen molar-refractivity contribution in [3.05, 3.63) is 59.4 Å². The number of pyridine rings is 1. The highest BCUT2D eigenvalue weighted by Gasteiger charge is 2.21. The summed E-state index contributed by atoms with van der Waals surface area (Å²) in [7, 11) is 0. The van der Waals surface area contributed by atoms with Crippen LogP contribution in [-0.2, 0) is 13.1 Å². The molecule has 0 unspecified atom stereocenters. The van der Waals surface area contributed by atoms with E-state index < -0.39 is 0 Å². The number of nitrogens with one attached hydrogen (secondary N) is 2. The molecule has 170 valence electrons. The fourth-order valence-electron chi connectivity index (χ4n) is 4.19. The molecule has 3 aromatic rings. The van der Waals surface area contributed by atoms with Crippen LogP contribution in [0.4, 0.5) is 0 Å². The standard InChI is InChI=1S/C25H34N6O/c1-4-26-25(29-16-21-9-12-27-23-8-6-5-7-22(21)23)28-15-20-10-13-31(14-11-20)17-24-30-18(2)19(3)32-24/h5-9,12,20H,4,10-11,13-17H2,1-3H3,(H2,26,28,29). The van der Waals surface area contributed by atoms with Gasteiger partial charge in [-0.3, -0.25) is 9.88 Å². The van der Waals surface area contributed by atoms with E-state index in [1.807, 2.05) is 32.2 Å². The van der Waals surface area contributed by atoms with Crippen molar-refractivity contribution in [2.45, 2.75) is 46.7 Å². The summed E-state index contributed by atoms with van der Waals surface area (Å²) >= 11 is 0. The summed E-state index contributed by atoms with van der Waals surface area (Å²) in [5.41, 5.74) is 3.20. The van der Waals surface area contributed by atoms with E-state index >= 15 is 0 Å². The second-order valence-electron chi connectivity index (χ2n) is 8.53. The maximum absolute atomic E-state index is 5.75. The third-order valence-corrected chi connectivity index (χ3v) is 6.19. The van der Waals surface area contributed by atoms with Crippen molar-refractivity contribution in [3.63, 3.8) is 0 Å². The Labute approximate surface area is 190 Å². The van der Waals surface area contributed by atoms with Crippen LogP contribution >= 0.6 is 0 Å². The van der Waals surface area contributed by atoms with Crippen molar-refractivity contribution in [3.8, 4) is 0 Å². The van der Waals surface area contributed by atoms with Gasteiger partial charge in [0.1, 0.15) is 5.76 Å². The van der Waals surface area contributed by atoms with Gasteiger partial charge in [0, 0.05) is 24.7 Å². The van der Waals surface area contributed by atoms with Crippen LogP contribution in [0.25, 0.3) is 10.9 Å². The molecule has 4 rings (SSSR count). The molecule has 2 N–H and O–H groups in total. The first-order valence-electron chi connectivity index (χ1n) is 11.6. The first kappa shape index (κ1) is 22.3. The van der Waals surface area contributed by atoms with Crippen molar-refractivity contribution in [1.82, 2.24) is 25.5 Å². The van der Waals surface area contributed by atoms with Gasteiger partial charge in [0.05, 0.1) is 24.3 Å². The lowest BCUT2D eigenvalue weighted by Crippen LogP contribution is -2.42. The minimum atomic E-state index is 0.631. The van der Waals surface area contributed by atoms with E-state index in [0.29, 0.717) is 12.5 Å². The largest absolute Gasteiger partial charge is 0.444 e. The van der Waals surface area contributed by atoms with Gasteiger partial charge in [0.15, 0.2) is 5.96 Å². The van der Waals surface area contributed by atoms with E-state index in [4.69, 9.17) is 9.41 Å². The highest BCUT2D eigenvalue weighted by molar-refractivity contribution is 5.83. The minimum absolute atomic E-state index is 0.631. The molecule has 7 nitrogen and oxygen atoms in total. The number of fused-ring (bicyclic) bond motifs is 1. The SMILES string of the molecule is CCNC(=NCc1ccnc2ccccc12)NCC1CCN(Cc2nc(C)c(C)o2)CC1. The Morgan fingerprint density at radius 1 is 1.16 bits per heavy atom. The van der Waals surface area contributed by atoms with Gasteiger partial charge in [-0.2, -0.15) is 0 Å². The number of hydrogen-bond acceptors (Lipinski definition) is 5. The Balaban J connectivity index is 1.28. The zero-order valence-corrected chi connectivity index (χ0v) is 19.4. The average Bonchev–Trinajstić information content (AvgIpc) is 3.13. The van der Waals surface area contributed by atoms with Crippen molar-refractivity contribution in [2.75, 3.05) is 26.2 Å². The molecule has 1 saturated heterocycles. The van der Waals surface area contributed by atoms with Crippen LogP contribution in [0.5, 0.6) is 0 Å². The topological polar surface area (TPSA) is 78.6 Å². The number of benzene rings is 1. The molecule has 3 heterocycles. The monoisotopic (exact) mass is 434 g/mol. The quantitative estimate of drug-likeness (QED) is 0.435. The molecule has 0 aliphatic carbocycles. The van der Waals surface area contributed by atoms with Crippen molar-refractivity contribution < 1.29 is 4.42 Å². The number of aliphatic imine (C=N–C) groups is 1. The summed E-state index contributed by atoms with van der Waals surface area (Å²) in [6, 6.07) is 10.3. The Hall–Kier alpha value is -2.93. The molecule has 1 aliphatic rings. The number of hydrogen-bond donors (Lipinski definition) is 2. The van der Waals surface area contributed by atoms with Gasteiger partial charge in [0.2, 0.25) is 5.89 Å². The summed E-state index contributed by atoms with van der Waals surface area (Å²) in [5, 5.41) is 8.10. The van der Waals surface area contributed by atoms with E-state index in [0.717, 1.165) is 61.5 Å². The Morgan fingerprint density at radius 3 is 2.72 bits per heavy atom. The summed E-state index contributed by atoms with van der Waals surface area (Å²) in [4.78, 5) is 16.2. The maximum atomic E-state index is 5.75. The van der Waals surface area contributed by atoms with E-state index in [1.54, 1.807) is 0 Å². The van der Waals surface area contributed by atoms with Crippen LogP contribution in [-0.4, -0.2) is 47.0 Å². The molecule has 0 bridgehead atoms. The normalized spacial score (nSPS) is 15.9. The third-order valence-electron chi connectivity index (χ3n) is 6.19. The van der Waals surface area contributed by atoms with Crippen LogP contribution < -0.4 is 10.6 Å². The van der Waals surface area contributed by atoms with E-state index in [1.165, 1.54) is 23.8 Å². The Morgan fingerprint density at radius 2 is 1.97 bits per heavy atom. The first-order chi connectivity index (χ1) is 15.6. The molecule has 1 aromatic carbocycles. The van der Waals surface area contributed by atoms with Gasteiger partial charge in [-0.1, -0.05) is 18.2 Å². The molecule has 7 heteroatoms. The number of aromatic nitrogens is 2. The lowest BCUT2D eigenvalue weighted by Gasteiger charge is -2.31. The maximum Gasteiger partial charge on any atom is 0.208 e. The van der Waals surface area contributed by atoms with E-state index in [2.05, 4.69) is 50.6 Å². The summed E-state index contributed by atoms with van der Waals surface area (Å²) in [6.45, 7) is 11.4. The number of guanidine groups is 1. The predicted octanol–water partition coefficient (Wildman–Crippen LogP) is 3.81. The smallest absolute Gasteiger partial charge is 0.208 e. The molecule has 32 heavy (non-hydrogen) atoms. The summed E-state index contributed by atoms with van der Waals surface area (Å²) in [6.07, 6.45) is 4.20.